The predicted octanol–water partition coefficient (Wildman–Crippen LogP) is 4.43. The van der Waals surface area contributed by atoms with Crippen LogP contribution in [0.2, 0.25) is 0 Å². The number of benzene rings is 2. The number of amides is 1. The molecule has 10 heteroatoms. The molecule has 216 valence electrons. The highest BCUT2D eigenvalue weighted by molar-refractivity contribution is 7.89. The van der Waals surface area contributed by atoms with Gasteiger partial charge in [0.15, 0.2) is 0 Å². The fourth-order valence-corrected chi connectivity index (χ4v) is 6.05. The molecule has 2 N–H and O–H groups in total. The number of carbonyl (C=O) groups excluding carboxylic acids is 2. The summed E-state index contributed by atoms with van der Waals surface area (Å²) in [5.41, 5.74) is 2.12. The van der Waals surface area contributed by atoms with E-state index in [2.05, 4.69) is 5.32 Å². The van der Waals surface area contributed by atoms with E-state index in [1.54, 1.807) is 71.9 Å². The summed E-state index contributed by atoms with van der Waals surface area (Å²) in [4.78, 5) is 25.3. The van der Waals surface area contributed by atoms with E-state index in [1.807, 2.05) is 19.1 Å². The zero-order chi connectivity index (χ0) is 29.7. The Labute approximate surface area is 232 Å². The van der Waals surface area contributed by atoms with Crippen LogP contribution in [0, 0.1) is 26.7 Å². The smallest absolute Gasteiger partial charge is 0.407 e. The van der Waals surface area contributed by atoms with Gasteiger partial charge in [-0.05, 0) is 72.1 Å². The number of esters is 1. The van der Waals surface area contributed by atoms with Crippen molar-refractivity contribution in [1.82, 2.24) is 9.62 Å². The van der Waals surface area contributed by atoms with Gasteiger partial charge in [0, 0.05) is 13.6 Å². The third-order valence-electron chi connectivity index (χ3n) is 6.43. The molecule has 0 saturated heterocycles. The van der Waals surface area contributed by atoms with E-state index < -0.39 is 51.9 Å². The second kappa shape index (κ2) is 12.9. The van der Waals surface area contributed by atoms with Gasteiger partial charge in [-0.25, -0.2) is 13.2 Å². The SMILES string of the molecule is Cc1cc(C)c(S(=O)(=O)N(C)[C@H](C)[C@@H](OC(=O)[C@@H](C)[C@@H](O)CNC(=O)OC(C)(C)C)c2ccccc2)c(C)c1. The number of nitrogens with zero attached hydrogens (tertiary/aromatic N) is 1. The number of rotatable bonds is 10. The highest BCUT2D eigenvalue weighted by atomic mass is 32.2. The summed E-state index contributed by atoms with van der Waals surface area (Å²) >= 11 is 0. The molecule has 1 amide bonds. The fraction of sp³-hybridized carbons (Fsp3) is 0.517. The molecule has 0 aliphatic rings. The van der Waals surface area contributed by atoms with Crippen molar-refractivity contribution in [2.75, 3.05) is 13.6 Å². The van der Waals surface area contributed by atoms with Crippen molar-refractivity contribution in [2.45, 2.75) is 84.1 Å². The van der Waals surface area contributed by atoms with Gasteiger partial charge >= 0.3 is 12.1 Å². The van der Waals surface area contributed by atoms with Gasteiger partial charge in [-0.3, -0.25) is 4.79 Å². The summed E-state index contributed by atoms with van der Waals surface area (Å²) < 4.78 is 39.7. The lowest BCUT2D eigenvalue weighted by atomic mass is 10.0. The maximum absolute atomic E-state index is 13.7. The van der Waals surface area contributed by atoms with Gasteiger partial charge in [0.1, 0.15) is 11.7 Å². The predicted molar refractivity (Wildman–Crippen MR) is 150 cm³/mol. The molecule has 0 bridgehead atoms. The molecule has 4 atom stereocenters. The number of nitrogens with one attached hydrogen (secondary N) is 1. The van der Waals surface area contributed by atoms with E-state index in [4.69, 9.17) is 9.47 Å². The lowest BCUT2D eigenvalue weighted by Gasteiger charge is -2.33. The Morgan fingerprint density at radius 2 is 1.56 bits per heavy atom. The van der Waals surface area contributed by atoms with Crippen LogP contribution < -0.4 is 5.32 Å². The van der Waals surface area contributed by atoms with Gasteiger partial charge in [0.25, 0.3) is 0 Å². The molecule has 0 spiro atoms. The van der Waals surface area contributed by atoms with Crippen molar-refractivity contribution in [3.05, 3.63) is 64.7 Å². The highest BCUT2D eigenvalue weighted by Crippen LogP contribution is 2.31. The number of alkyl carbamates (subject to hydrolysis) is 1. The summed E-state index contributed by atoms with van der Waals surface area (Å²) in [5, 5.41) is 13.0. The Morgan fingerprint density at radius 1 is 1.03 bits per heavy atom. The Balaban J connectivity index is 2.28. The number of likely N-dealkylation sites (N-methyl/N-ethyl adjacent to an activating group) is 1. The van der Waals surface area contributed by atoms with E-state index in [1.165, 1.54) is 18.3 Å². The number of ether oxygens (including phenoxy) is 2. The number of carbonyl (C=O) groups is 2. The lowest BCUT2D eigenvalue weighted by molar-refractivity contribution is -0.160. The van der Waals surface area contributed by atoms with Gasteiger partial charge in [0.2, 0.25) is 10.0 Å². The molecule has 0 unspecified atom stereocenters. The molecule has 2 aromatic rings. The standard InChI is InChI=1S/C29H42N2O7S/c1-18-15-19(2)26(20(3)16-18)39(35,36)31(9)22(5)25(23-13-11-10-12-14-23)37-27(33)21(4)24(32)17-30-28(34)38-29(6,7)8/h10-16,21-22,24-25,32H,17H2,1-9H3,(H,30,34)/t21-,22+,24-,25+/m0/s1. The number of aryl methyl sites for hydroxylation is 3. The van der Waals surface area contributed by atoms with Crippen molar-refractivity contribution in [1.29, 1.82) is 0 Å². The fourth-order valence-electron chi connectivity index (χ4n) is 4.28. The zero-order valence-electron chi connectivity index (χ0n) is 24.3. The van der Waals surface area contributed by atoms with Crippen LogP contribution in [-0.4, -0.2) is 61.2 Å². The molecule has 9 nitrogen and oxygen atoms in total. The molecular formula is C29H42N2O7S. The van der Waals surface area contributed by atoms with Crippen LogP contribution in [0.4, 0.5) is 4.79 Å². The molecule has 0 fully saturated rings. The maximum atomic E-state index is 13.7. The van der Waals surface area contributed by atoms with Gasteiger partial charge in [-0.2, -0.15) is 4.31 Å². The van der Waals surface area contributed by atoms with Crippen LogP contribution in [0.1, 0.15) is 63.0 Å². The summed E-state index contributed by atoms with van der Waals surface area (Å²) in [5.74, 6) is -1.75. The first kappa shape index (κ1) is 32.3. The van der Waals surface area contributed by atoms with Gasteiger partial charge in [-0.15, -0.1) is 0 Å². The molecule has 2 rings (SSSR count). The summed E-state index contributed by atoms with van der Waals surface area (Å²) in [6.45, 7) is 13.5. The van der Waals surface area contributed by atoms with Crippen molar-refractivity contribution in [3.8, 4) is 0 Å². The molecule has 2 aromatic carbocycles. The average molecular weight is 563 g/mol. The summed E-state index contributed by atoms with van der Waals surface area (Å²) in [6.07, 6.45) is -2.93. The second-order valence-electron chi connectivity index (χ2n) is 11.0. The minimum absolute atomic E-state index is 0.220. The quantitative estimate of drug-likeness (QED) is 0.411. The van der Waals surface area contributed by atoms with Gasteiger partial charge in [0.05, 0.1) is 23.0 Å². The van der Waals surface area contributed by atoms with Crippen molar-refractivity contribution < 1.29 is 32.6 Å². The third kappa shape index (κ3) is 8.52. The number of hydrogen-bond donors (Lipinski definition) is 2. The Morgan fingerprint density at radius 3 is 2.08 bits per heavy atom. The van der Waals surface area contributed by atoms with Crippen LogP contribution in [0.25, 0.3) is 0 Å². The molecule has 0 radical (unpaired) electrons. The van der Waals surface area contributed by atoms with Gasteiger partial charge < -0.3 is 19.9 Å². The normalized spacial score (nSPS) is 15.3. The van der Waals surface area contributed by atoms with Crippen LogP contribution in [-0.2, 0) is 24.3 Å². The topological polar surface area (TPSA) is 122 Å². The summed E-state index contributed by atoms with van der Waals surface area (Å²) in [6, 6.07) is 11.7. The second-order valence-corrected chi connectivity index (χ2v) is 12.9. The number of sulfonamides is 1. The monoisotopic (exact) mass is 562 g/mol. The minimum atomic E-state index is -3.94. The number of aliphatic hydroxyl groups excluding tert-OH is 1. The highest BCUT2D eigenvalue weighted by Gasteiger charge is 2.37. The molecule has 39 heavy (non-hydrogen) atoms. The van der Waals surface area contributed by atoms with Gasteiger partial charge in [-0.1, -0.05) is 48.0 Å². The van der Waals surface area contributed by atoms with Crippen molar-refractivity contribution in [3.63, 3.8) is 0 Å². The average Bonchev–Trinajstić information content (AvgIpc) is 2.82. The Hall–Kier alpha value is -2.95. The van der Waals surface area contributed by atoms with Crippen molar-refractivity contribution >= 4 is 22.1 Å². The molecule has 0 aliphatic carbocycles. The molecule has 0 aliphatic heterocycles. The first-order chi connectivity index (χ1) is 18.0. The first-order valence-electron chi connectivity index (χ1n) is 12.9. The zero-order valence-corrected chi connectivity index (χ0v) is 25.1. The van der Waals surface area contributed by atoms with E-state index >= 15 is 0 Å². The largest absolute Gasteiger partial charge is 0.455 e. The maximum Gasteiger partial charge on any atom is 0.407 e. The first-order valence-corrected chi connectivity index (χ1v) is 14.4. The van der Waals surface area contributed by atoms with Crippen LogP contribution in [0.5, 0.6) is 0 Å². The van der Waals surface area contributed by atoms with Crippen LogP contribution in [0.3, 0.4) is 0 Å². The number of hydrogen-bond acceptors (Lipinski definition) is 7. The molecule has 0 aromatic heterocycles. The van der Waals surface area contributed by atoms with E-state index in [0.29, 0.717) is 16.7 Å². The molecule has 0 heterocycles. The van der Waals surface area contributed by atoms with Crippen LogP contribution >= 0.6 is 0 Å². The molecular weight excluding hydrogens is 520 g/mol. The molecule has 0 saturated carbocycles. The Bertz CT molecular complexity index is 1230. The van der Waals surface area contributed by atoms with E-state index in [9.17, 15) is 23.1 Å². The van der Waals surface area contributed by atoms with E-state index in [-0.39, 0.29) is 11.4 Å². The third-order valence-corrected chi connectivity index (χ3v) is 8.68. The van der Waals surface area contributed by atoms with Crippen LogP contribution in [0.15, 0.2) is 47.4 Å². The Kier molecular flexibility index (Phi) is 10.7. The minimum Gasteiger partial charge on any atom is -0.455 e. The van der Waals surface area contributed by atoms with E-state index in [0.717, 1.165) is 5.56 Å². The lowest BCUT2D eigenvalue weighted by Crippen LogP contribution is -2.43. The van der Waals surface area contributed by atoms with Crippen molar-refractivity contribution in [2.24, 2.45) is 5.92 Å². The summed E-state index contributed by atoms with van der Waals surface area (Å²) in [7, 11) is -2.48. The number of aliphatic hydroxyl groups is 1.